The van der Waals surface area contributed by atoms with E-state index in [1.807, 2.05) is 49.5 Å². The zero-order valence-electron chi connectivity index (χ0n) is 12.0. The van der Waals surface area contributed by atoms with E-state index in [0.717, 1.165) is 22.4 Å². The molecular formula is C17H21NO2. The molecule has 0 amide bonds. The van der Waals surface area contributed by atoms with Gasteiger partial charge in [0.1, 0.15) is 12.4 Å². The molecule has 0 aliphatic carbocycles. The molecule has 2 aromatic carbocycles. The summed E-state index contributed by atoms with van der Waals surface area (Å²) in [7, 11) is 1.94. The maximum atomic E-state index is 9.02. The van der Waals surface area contributed by atoms with Gasteiger partial charge in [0.2, 0.25) is 0 Å². The molecule has 2 aromatic rings. The molecule has 2 N–H and O–H groups in total. The van der Waals surface area contributed by atoms with Crippen LogP contribution >= 0.6 is 0 Å². The zero-order chi connectivity index (χ0) is 14.4. The van der Waals surface area contributed by atoms with E-state index >= 15 is 0 Å². The third kappa shape index (κ3) is 3.59. The number of hydrogen-bond donors (Lipinski definition) is 2. The van der Waals surface area contributed by atoms with Gasteiger partial charge in [-0.25, -0.2) is 0 Å². The number of rotatable bonds is 6. The molecule has 0 aromatic heterocycles. The van der Waals surface area contributed by atoms with E-state index in [1.54, 1.807) is 0 Å². The van der Waals surface area contributed by atoms with Gasteiger partial charge in [-0.3, -0.25) is 0 Å². The molecule has 0 spiro atoms. The van der Waals surface area contributed by atoms with Crippen LogP contribution in [0, 0.1) is 0 Å². The van der Waals surface area contributed by atoms with Crippen molar-refractivity contribution in [1.29, 1.82) is 0 Å². The largest absolute Gasteiger partial charge is 0.489 e. The summed E-state index contributed by atoms with van der Waals surface area (Å²) in [6.45, 7) is 2.71. The Balaban J connectivity index is 2.06. The Bertz CT molecular complexity index is 537. The molecule has 0 bridgehead atoms. The molecule has 3 nitrogen and oxygen atoms in total. The Labute approximate surface area is 120 Å². The second-order valence-corrected chi connectivity index (χ2v) is 4.81. The van der Waals surface area contributed by atoms with E-state index in [-0.39, 0.29) is 12.6 Å². The predicted octanol–water partition coefficient (Wildman–Crippen LogP) is 3.04. The Hall–Kier alpha value is -1.84. The molecule has 0 aliphatic rings. The molecule has 1 unspecified atom stereocenters. The van der Waals surface area contributed by atoms with E-state index in [2.05, 4.69) is 18.3 Å². The highest BCUT2D eigenvalue weighted by Gasteiger charge is 2.09. The van der Waals surface area contributed by atoms with E-state index in [9.17, 15) is 0 Å². The predicted molar refractivity (Wildman–Crippen MR) is 80.6 cm³/mol. The standard InChI is InChI=1S/C17H21NO2/c1-13(18-2)16-5-3-4-6-17(16)20-12-15-9-7-14(11-19)8-10-15/h3-10,13,18-19H,11-12H2,1-2H3. The first-order valence-corrected chi connectivity index (χ1v) is 6.82. The monoisotopic (exact) mass is 271 g/mol. The Kier molecular flexibility index (Phi) is 5.16. The number of para-hydroxylation sites is 1. The third-order valence-electron chi connectivity index (χ3n) is 3.42. The second-order valence-electron chi connectivity index (χ2n) is 4.81. The van der Waals surface area contributed by atoms with Gasteiger partial charge in [-0.1, -0.05) is 42.5 Å². The van der Waals surface area contributed by atoms with Crippen LogP contribution in [0.5, 0.6) is 5.75 Å². The first-order chi connectivity index (χ1) is 9.74. The lowest BCUT2D eigenvalue weighted by Gasteiger charge is -2.16. The highest BCUT2D eigenvalue weighted by molar-refractivity contribution is 5.36. The van der Waals surface area contributed by atoms with Crippen molar-refractivity contribution >= 4 is 0 Å². The van der Waals surface area contributed by atoms with E-state index in [4.69, 9.17) is 9.84 Å². The first-order valence-electron chi connectivity index (χ1n) is 6.82. The van der Waals surface area contributed by atoms with Crippen LogP contribution in [-0.4, -0.2) is 12.2 Å². The summed E-state index contributed by atoms with van der Waals surface area (Å²) in [5.41, 5.74) is 3.16. The fourth-order valence-corrected chi connectivity index (χ4v) is 2.03. The van der Waals surface area contributed by atoms with Gasteiger partial charge in [0.05, 0.1) is 6.61 Å². The average Bonchev–Trinajstić information content (AvgIpc) is 2.53. The van der Waals surface area contributed by atoms with Gasteiger partial charge >= 0.3 is 0 Å². The second kappa shape index (κ2) is 7.08. The van der Waals surface area contributed by atoms with Crippen molar-refractivity contribution in [3.63, 3.8) is 0 Å². The summed E-state index contributed by atoms with van der Waals surface area (Å²) in [5.74, 6) is 0.903. The minimum atomic E-state index is 0.0731. The summed E-state index contributed by atoms with van der Waals surface area (Å²) < 4.78 is 5.92. The summed E-state index contributed by atoms with van der Waals surface area (Å²) in [6.07, 6.45) is 0. The van der Waals surface area contributed by atoms with Crippen LogP contribution in [0.4, 0.5) is 0 Å². The normalized spacial score (nSPS) is 12.2. The fraction of sp³-hybridized carbons (Fsp3) is 0.294. The molecule has 3 heteroatoms. The van der Waals surface area contributed by atoms with E-state index < -0.39 is 0 Å². The highest BCUT2D eigenvalue weighted by Crippen LogP contribution is 2.25. The molecule has 0 aliphatic heterocycles. The SMILES string of the molecule is CNC(C)c1ccccc1OCc1ccc(CO)cc1. The van der Waals surface area contributed by atoms with Gasteiger partial charge in [-0.05, 0) is 31.2 Å². The molecule has 106 valence electrons. The average molecular weight is 271 g/mol. The Morgan fingerprint density at radius 2 is 1.70 bits per heavy atom. The van der Waals surface area contributed by atoms with Crippen molar-refractivity contribution in [2.45, 2.75) is 26.2 Å². The van der Waals surface area contributed by atoms with Crippen molar-refractivity contribution in [3.8, 4) is 5.75 Å². The Morgan fingerprint density at radius 1 is 1.05 bits per heavy atom. The third-order valence-corrected chi connectivity index (χ3v) is 3.42. The van der Waals surface area contributed by atoms with Crippen molar-refractivity contribution in [2.24, 2.45) is 0 Å². The molecule has 1 atom stereocenters. The fourth-order valence-electron chi connectivity index (χ4n) is 2.03. The van der Waals surface area contributed by atoms with Gasteiger partial charge in [0.25, 0.3) is 0 Å². The summed E-state index contributed by atoms with van der Waals surface area (Å²) in [6, 6.07) is 16.1. The van der Waals surface area contributed by atoms with Crippen LogP contribution in [0.25, 0.3) is 0 Å². The van der Waals surface area contributed by atoms with Crippen LogP contribution in [0.15, 0.2) is 48.5 Å². The number of nitrogens with one attached hydrogen (secondary N) is 1. The van der Waals surface area contributed by atoms with Gasteiger partial charge in [-0.15, -0.1) is 0 Å². The molecule has 2 rings (SSSR count). The molecule has 0 saturated carbocycles. The smallest absolute Gasteiger partial charge is 0.124 e. The lowest BCUT2D eigenvalue weighted by Crippen LogP contribution is -2.13. The highest BCUT2D eigenvalue weighted by atomic mass is 16.5. The summed E-state index contributed by atoms with van der Waals surface area (Å²) in [5, 5.41) is 12.2. The molecule has 0 saturated heterocycles. The minimum absolute atomic E-state index is 0.0731. The van der Waals surface area contributed by atoms with Crippen LogP contribution in [0.1, 0.15) is 29.7 Å². The van der Waals surface area contributed by atoms with Crippen molar-refractivity contribution in [2.75, 3.05) is 7.05 Å². The van der Waals surface area contributed by atoms with Crippen molar-refractivity contribution < 1.29 is 9.84 Å². The zero-order valence-corrected chi connectivity index (χ0v) is 12.0. The lowest BCUT2D eigenvalue weighted by atomic mass is 10.1. The van der Waals surface area contributed by atoms with E-state index in [1.165, 1.54) is 0 Å². The maximum absolute atomic E-state index is 9.02. The minimum Gasteiger partial charge on any atom is -0.489 e. The number of hydrogen-bond acceptors (Lipinski definition) is 3. The van der Waals surface area contributed by atoms with Crippen LogP contribution < -0.4 is 10.1 Å². The quantitative estimate of drug-likeness (QED) is 0.848. The summed E-state index contributed by atoms with van der Waals surface area (Å²) >= 11 is 0. The number of ether oxygens (including phenoxy) is 1. The van der Waals surface area contributed by atoms with Gasteiger partial charge in [0.15, 0.2) is 0 Å². The number of aliphatic hydroxyl groups is 1. The number of benzene rings is 2. The lowest BCUT2D eigenvalue weighted by molar-refractivity contribution is 0.281. The van der Waals surface area contributed by atoms with Crippen LogP contribution in [0.3, 0.4) is 0 Å². The topological polar surface area (TPSA) is 41.5 Å². The van der Waals surface area contributed by atoms with E-state index in [0.29, 0.717) is 6.61 Å². The molecule has 0 fully saturated rings. The number of aliphatic hydroxyl groups excluding tert-OH is 1. The summed E-state index contributed by atoms with van der Waals surface area (Å²) in [4.78, 5) is 0. The molecule has 20 heavy (non-hydrogen) atoms. The molecule has 0 heterocycles. The van der Waals surface area contributed by atoms with Crippen LogP contribution in [-0.2, 0) is 13.2 Å². The Morgan fingerprint density at radius 3 is 2.35 bits per heavy atom. The first kappa shape index (κ1) is 14.6. The van der Waals surface area contributed by atoms with Crippen LogP contribution in [0.2, 0.25) is 0 Å². The van der Waals surface area contributed by atoms with Gasteiger partial charge in [0, 0.05) is 11.6 Å². The molecule has 0 radical (unpaired) electrons. The van der Waals surface area contributed by atoms with Crippen molar-refractivity contribution in [1.82, 2.24) is 5.32 Å². The van der Waals surface area contributed by atoms with Gasteiger partial charge in [-0.2, -0.15) is 0 Å². The van der Waals surface area contributed by atoms with Crippen molar-refractivity contribution in [3.05, 3.63) is 65.2 Å². The maximum Gasteiger partial charge on any atom is 0.124 e. The molecular weight excluding hydrogens is 250 g/mol. The van der Waals surface area contributed by atoms with Gasteiger partial charge < -0.3 is 15.2 Å².